The maximum Gasteiger partial charge on any atom is 0.115 e. The molecule has 4 atom stereocenters. The minimum Gasteiger partial charge on any atom is -0.508 e. The van der Waals surface area contributed by atoms with Gasteiger partial charge in [-0.2, -0.15) is 0 Å². The van der Waals surface area contributed by atoms with Crippen molar-refractivity contribution in [3.05, 3.63) is 29.8 Å². The average Bonchev–Trinajstić information content (AvgIpc) is 2.43. The number of hydrogen-bond donors (Lipinski definition) is 2. The highest BCUT2D eigenvalue weighted by molar-refractivity contribution is 5.25. The van der Waals surface area contributed by atoms with Gasteiger partial charge >= 0.3 is 0 Å². The molecule has 1 fully saturated rings. The lowest BCUT2D eigenvalue weighted by atomic mass is 9.78. The van der Waals surface area contributed by atoms with E-state index in [1.807, 2.05) is 12.1 Å². The molecule has 0 heterocycles. The van der Waals surface area contributed by atoms with Crippen LogP contribution < -0.4 is 5.32 Å². The molecule has 0 aromatic heterocycles. The summed E-state index contributed by atoms with van der Waals surface area (Å²) in [6, 6.07) is 8.84. The van der Waals surface area contributed by atoms with Gasteiger partial charge in [-0.15, -0.1) is 0 Å². The van der Waals surface area contributed by atoms with Gasteiger partial charge in [0.15, 0.2) is 0 Å². The van der Waals surface area contributed by atoms with Crippen molar-refractivity contribution in [2.75, 3.05) is 0 Å². The quantitative estimate of drug-likeness (QED) is 0.847. The molecule has 2 heteroatoms. The van der Waals surface area contributed by atoms with Gasteiger partial charge in [-0.3, -0.25) is 0 Å². The number of phenolic OH excluding ortho intramolecular Hbond substituents is 1. The molecule has 0 amide bonds. The van der Waals surface area contributed by atoms with Crippen LogP contribution in [-0.2, 0) is 6.42 Å². The van der Waals surface area contributed by atoms with Gasteiger partial charge in [-0.1, -0.05) is 38.8 Å². The zero-order valence-corrected chi connectivity index (χ0v) is 13.1. The van der Waals surface area contributed by atoms with Crippen LogP contribution in [-0.4, -0.2) is 17.2 Å². The van der Waals surface area contributed by atoms with Crippen LogP contribution in [0.25, 0.3) is 0 Å². The minimum absolute atomic E-state index is 0.352. The molecule has 20 heavy (non-hydrogen) atoms. The summed E-state index contributed by atoms with van der Waals surface area (Å²) in [5.74, 6) is 2.00. The van der Waals surface area contributed by atoms with E-state index < -0.39 is 0 Å². The van der Waals surface area contributed by atoms with E-state index in [2.05, 4.69) is 26.1 Å². The van der Waals surface area contributed by atoms with E-state index in [9.17, 15) is 5.11 Å². The fraction of sp³-hybridized carbons (Fsp3) is 0.667. The smallest absolute Gasteiger partial charge is 0.115 e. The number of aromatic hydroxyl groups is 1. The summed E-state index contributed by atoms with van der Waals surface area (Å²) in [7, 11) is 0. The van der Waals surface area contributed by atoms with Crippen molar-refractivity contribution in [2.24, 2.45) is 11.8 Å². The van der Waals surface area contributed by atoms with Gasteiger partial charge in [0.05, 0.1) is 0 Å². The van der Waals surface area contributed by atoms with Gasteiger partial charge < -0.3 is 10.4 Å². The summed E-state index contributed by atoms with van der Waals surface area (Å²) in [5, 5.41) is 13.1. The lowest BCUT2D eigenvalue weighted by Gasteiger charge is -2.36. The van der Waals surface area contributed by atoms with Gasteiger partial charge in [-0.05, 0) is 55.7 Å². The molecular weight excluding hydrogens is 246 g/mol. The van der Waals surface area contributed by atoms with E-state index in [-0.39, 0.29) is 0 Å². The van der Waals surface area contributed by atoms with E-state index in [1.54, 1.807) is 12.1 Å². The molecule has 0 aliphatic heterocycles. The zero-order chi connectivity index (χ0) is 14.5. The van der Waals surface area contributed by atoms with E-state index in [0.29, 0.717) is 17.8 Å². The van der Waals surface area contributed by atoms with Crippen LogP contribution in [0.15, 0.2) is 24.3 Å². The summed E-state index contributed by atoms with van der Waals surface area (Å²) in [5.41, 5.74) is 1.31. The summed E-state index contributed by atoms with van der Waals surface area (Å²) < 4.78 is 0. The van der Waals surface area contributed by atoms with Crippen molar-refractivity contribution in [1.82, 2.24) is 5.32 Å². The van der Waals surface area contributed by atoms with Crippen LogP contribution in [0.4, 0.5) is 0 Å². The van der Waals surface area contributed by atoms with Crippen LogP contribution in [0.3, 0.4) is 0 Å². The van der Waals surface area contributed by atoms with E-state index >= 15 is 0 Å². The number of nitrogens with one attached hydrogen (secondary N) is 1. The molecule has 0 radical (unpaired) electrons. The molecule has 2 nitrogen and oxygen atoms in total. The van der Waals surface area contributed by atoms with Crippen LogP contribution >= 0.6 is 0 Å². The van der Waals surface area contributed by atoms with Crippen molar-refractivity contribution >= 4 is 0 Å². The summed E-state index contributed by atoms with van der Waals surface area (Å²) in [4.78, 5) is 0. The lowest BCUT2D eigenvalue weighted by molar-refractivity contribution is 0.194. The van der Waals surface area contributed by atoms with E-state index in [4.69, 9.17) is 0 Å². The molecule has 0 unspecified atom stereocenters. The number of hydrogen-bond acceptors (Lipinski definition) is 2. The normalized spacial score (nSPS) is 28.2. The Morgan fingerprint density at radius 2 is 1.90 bits per heavy atom. The Balaban J connectivity index is 1.77. The number of phenols is 1. The summed E-state index contributed by atoms with van der Waals surface area (Å²) in [6.07, 6.45) is 6.32. The maximum absolute atomic E-state index is 9.29. The van der Waals surface area contributed by atoms with Gasteiger partial charge in [-0.25, -0.2) is 0 Å². The van der Waals surface area contributed by atoms with Crippen molar-refractivity contribution in [2.45, 2.75) is 65.0 Å². The molecule has 0 saturated heterocycles. The molecule has 1 aliphatic carbocycles. The van der Waals surface area contributed by atoms with Crippen molar-refractivity contribution in [1.29, 1.82) is 0 Å². The first kappa shape index (κ1) is 15.4. The van der Waals surface area contributed by atoms with Crippen LogP contribution in [0.5, 0.6) is 5.75 Å². The molecule has 0 spiro atoms. The van der Waals surface area contributed by atoms with E-state index in [1.165, 1.54) is 24.8 Å². The molecule has 1 aliphatic rings. The number of rotatable bonds is 5. The SMILES string of the molecule is C[C@H]1[C@@H](C)CCC[C@H]1N[C@H](C)CCc1ccc(O)cc1. The highest BCUT2D eigenvalue weighted by Crippen LogP contribution is 2.29. The van der Waals surface area contributed by atoms with Gasteiger partial charge in [0.1, 0.15) is 5.75 Å². The van der Waals surface area contributed by atoms with Gasteiger partial charge in [0, 0.05) is 12.1 Å². The van der Waals surface area contributed by atoms with Crippen LogP contribution in [0.2, 0.25) is 0 Å². The highest BCUT2D eigenvalue weighted by atomic mass is 16.3. The molecule has 0 bridgehead atoms. The molecule has 2 rings (SSSR count). The number of benzene rings is 1. The van der Waals surface area contributed by atoms with Crippen LogP contribution in [0.1, 0.15) is 52.0 Å². The highest BCUT2D eigenvalue weighted by Gasteiger charge is 2.27. The summed E-state index contributed by atoms with van der Waals surface area (Å²) in [6.45, 7) is 7.08. The molecule has 1 aromatic carbocycles. The topological polar surface area (TPSA) is 32.3 Å². The number of aryl methyl sites for hydroxylation is 1. The monoisotopic (exact) mass is 275 g/mol. The Labute approximate surface area is 123 Å². The Morgan fingerprint density at radius 3 is 2.60 bits per heavy atom. The van der Waals surface area contributed by atoms with Crippen molar-refractivity contribution in [3.63, 3.8) is 0 Å². The molecule has 1 saturated carbocycles. The largest absolute Gasteiger partial charge is 0.508 e. The molecule has 1 aromatic rings. The molecular formula is C18H29NO. The third-order valence-corrected chi connectivity index (χ3v) is 5.01. The van der Waals surface area contributed by atoms with Gasteiger partial charge in [0.25, 0.3) is 0 Å². The second-order valence-electron chi connectivity index (χ2n) is 6.65. The fourth-order valence-corrected chi connectivity index (χ4v) is 3.31. The Kier molecular flexibility index (Phi) is 5.47. The average molecular weight is 275 g/mol. The lowest BCUT2D eigenvalue weighted by Crippen LogP contribution is -2.44. The summed E-state index contributed by atoms with van der Waals surface area (Å²) >= 11 is 0. The third kappa shape index (κ3) is 4.24. The Hall–Kier alpha value is -1.02. The Morgan fingerprint density at radius 1 is 1.20 bits per heavy atom. The Bertz CT molecular complexity index is 400. The van der Waals surface area contributed by atoms with E-state index in [0.717, 1.165) is 24.7 Å². The first-order chi connectivity index (χ1) is 9.56. The first-order valence-electron chi connectivity index (χ1n) is 8.10. The second-order valence-corrected chi connectivity index (χ2v) is 6.65. The van der Waals surface area contributed by atoms with Crippen molar-refractivity contribution in [3.8, 4) is 5.75 Å². The van der Waals surface area contributed by atoms with Crippen molar-refractivity contribution < 1.29 is 5.11 Å². The van der Waals surface area contributed by atoms with Gasteiger partial charge in [0.2, 0.25) is 0 Å². The second kappa shape index (κ2) is 7.12. The minimum atomic E-state index is 0.352. The molecule has 2 N–H and O–H groups in total. The third-order valence-electron chi connectivity index (χ3n) is 5.01. The predicted octanol–water partition coefficient (Wildman–Crippen LogP) is 4.13. The zero-order valence-electron chi connectivity index (χ0n) is 13.1. The predicted molar refractivity (Wildman–Crippen MR) is 85.0 cm³/mol. The molecule has 112 valence electrons. The fourth-order valence-electron chi connectivity index (χ4n) is 3.31. The first-order valence-corrected chi connectivity index (χ1v) is 8.10. The maximum atomic E-state index is 9.29. The van der Waals surface area contributed by atoms with Crippen LogP contribution in [0, 0.1) is 11.8 Å². The standard InChI is InChI=1S/C18H29NO/c1-13-5-4-6-18(15(13)3)19-14(2)7-8-16-9-11-17(20)12-10-16/h9-15,18-20H,4-8H2,1-3H3/t13-,14+,15-,18+/m0/s1.